The molecular weight excluding hydrogens is 306 g/mol. The summed E-state index contributed by atoms with van der Waals surface area (Å²) in [6.45, 7) is -0.272. The van der Waals surface area contributed by atoms with Gasteiger partial charge in [-0.05, 0) is 30.2 Å². The van der Waals surface area contributed by atoms with Crippen molar-refractivity contribution in [2.75, 3.05) is 6.54 Å². The molecule has 0 aliphatic heterocycles. The Hall–Kier alpha value is -1.11. The summed E-state index contributed by atoms with van der Waals surface area (Å²) in [5, 5.41) is 1.67. The highest BCUT2D eigenvalue weighted by molar-refractivity contribution is 9.10. The molecule has 1 aromatic carbocycles. The normalized spacial score (nSPS) is 11.4. The van der Waals surface area contributed by atoms with Crippen LogP contribution in [0.4, 0.5) is 17.6 Å². The summed E-state index contributed by atoms with van der Waals surface area (Å²) in [5.74, 6) is -2.54. The number of halogens is 5. The van der Waals surface area contributed by atoms with Gasteiger partial charge in [-0.1, -0.05) is 15.9 Å². The fraction of sp³-hybridized carbons (Fsp3) is 0.300. The van der Waals surface area contributed by atoms with E-state index in [-0.39, 0.29) is 18.5 Å². The molecule has 0 aliphatic carbocycles. The van der Waals surface area contributed by atoms with Crippen LogP contribution in [-0.4, -0.2) is 18.6 Å². The molecule has 0 aliphatic rings. The topological polar surface area (TPSA) is 29.1 Å². The second-order valence-corrected chi connectivity index (χ2v) is 4.16. The van der Waals surface area contributed by atoms with Crippen LogP contribution in [0.2, 0.25) is 0 Å². The fourth-order valence-corrected chi connectivity index (χ4v) is 1.55. The van der Waals surface area contributed by atoms with Gasteiger partial charge in [0.05, 0.1) is 0 Å². The van der Waals surface area contributed by atoms with Gasteiger partial charge in [0.2, 0.25) is 0 Å². The summed E-state index contributed by atoms with van der Waals surface area (Å²) in [6, 6.07) is 4.13. The molecule has 0 radical (unpaired) electrons. The highest BCUT2D eigenvalue weighted by Crippen LogP contribution is 2.16. The monoisotopic (exact) mass is 313 g/mol. The molecule has 0 spiro atoms. The number of carbonyl (C=O) groups excluding carboxylic acids is 1. The van der Waals surface area contributed by atoms with Crippen LogP contribution in [0, 0.1) is 5.82 Å². The maximum absolute atomic E-state index is 13.2. The molecule has 94 valence electrons. The Morgan fingerprint density at radius 2 is 2.00 bits per heavy atom. The molecule has 0 saturated carbocycles. The summed E-state index contributed by atoms with van der Waals surface area (Å²) in [5.41, 5.74) is 0.238. The standard InChI is InChI=1S/C10H8BrF4NO/c11-7-1-2-8(12)6(5-7)3-4-16-9(17)10(13,14)15/h1-2,5H,3-4H2,(H,16,17). The van der Waals surface area contributed by atoms with Gasteiger partial charge in [0.1, 0.15) is 5.82 Å². The Balaban J connectivity index is 2.52. The van der Waals surface area contributed by atoms with Gasteiger partial charge in [0, 0.05) is 11.0 Å². The lowest BCUT2D eigenvalue weighted by Crippen LogP contribution is -2.37. The number of hydrogen-bond acceptors (Lipinski definition) is 1. The van der Waals surface area contributed by atoms with Crippen molar-refractivity contribution in [1.82, 2.24) is 5.32 Å². The summed E-state index contributed by atoms with van der Waals surface area (Å²) < 4.78 is 49.3. The van der Waals surface area contributed by atoms with Crippen molar-refractivity contribution < 1.29 is 22.4 Å². The van der Waals surface area contributed by atoms with Crippen molar-refractivity contribution >= 4 is 21.8 Å². The highest BCUT2D eigenvalue weighted by atomic mass is 79.9. The molecule has 0 saturated heterocycles. The fourth-order valence-electron chi connectivity index (χ4n) is 1.15. The molecule has 1 amide bonds. The highest BCUT2D eigenvalue weighted by Gasteiger charge is 2.38. The summed E-state index contributed by atoms with van der Waals surface area (Å²) in [6.07, 6.45) is -4.91. The maximum Gasteiger partial charge on any atom is 0.471 e. The Kier molecular flexibility index (Phi) is 4.50. The second-order valence-electron chi connectivity index (χ2n) is 3.24. The Morgan fingerprint density at radius 1 is 1.35 bits per heavy atom. The van der Waals surface area contributed by atoms with Crippen molar-refractivity contribution in [2.45, 2.75) is 12.6 Å². The second kappa shape index (κ2) is 5.48. The summed E-state index contributed by atoms with van der Waals surface area (Å²) in [7, 11) is 0. The molecule has 0 fully saturated rings. The van der Waals surface area contributed by atoms with E-state index >= 15 is 0 Å². The van der Waals surface area contributed by atoms with Gasteiger partial charge in [-0.2, -0.15) is 13.2 Å². The molecule has 1 aromatic rings. The minimum absolute atomic E-state index is 0.00685. The molecule has 0 bridgehead atoms. The van der Waals surface area contributed by atoms with E-state index in [9.17, 15) is 22.4 Å². The number of benzene rings is 1. The third kappa shape index (κ3) is 4.33. The average Bonchev–Trinajstić information content (AvgIpc) is 2.21. The van der Waals surface area contributed by atoms with E-state index in [2.05, 4.69) is 15.9 Å². The van der Waals surface area contributed by atoms with E-state index in [4.69, 9.17) is 0 Å². The lowest BCUT2D eigenvalue weighted by Gasteiger charge is -2.08. The smallest absolute Gasteiger partial charge is 0.348 e. The van der Waals surface area contributed by atoms with Crippen molar-refractivity contribution in [1.29, 1.82) is 0 Å². The van der Waals surface area contributed by atoms with Crippen LogP contribution in [0.1, 0.15) is 5.56 Å². The van der Waals surface area contributed by atoms with Gasteiger partial charge >= 0.3 is 12.1 Å². The average molecular weight is 314 g/mol. The number of amides is 1. The third-order valence-electron chi connectivity index (χ3n) is 1.95. The minimum atomic E-state index is -4.91. The number of rotatable bonds is 3. The van der Waals surface area contributed by atoms with E-state index in [1.165, 1.54) is 18.2 Å². The Labute approximate surface area is 103 Å². The predicted molar refractivity (Wildman–Crippen MR) is 56.9 cm³/mol. The number of hydrogen-bond donors (Lipinski definition) is 1. The van der Waals surface area contributed by atoms with Crippen molar-refractivity contribution in [3.8, 4) is 0 Å². The molecule has 17 heavy (non-hydrogen) atoms. The van der Waals surface area contributed by atoms with Crippen molar-refractivity contribution in [2.24, 2.45) is 0 Å². The van der Waals surface area contributed by atoms with E-state index in [1.54, 1.807) is 5.32 Å². The first kappa shape index (κ1) is 14.0. The molecule has 7 heteroatoms. The maximum atomic E-state index is 13.2. The van der Waals surface area contributed by atoms with Gasteiger partial charge in [-0.3, -0.25) is 4.79 Å². The van der Waals surface area contributed by atoms with E-state index in [0.29, 0.717) is 4.47 Å². The van der Waals surface area contributed by atoms with Crippen LogP contribution in [0.5, 0.6) is 0 Å². The molecule has 0 heterocycles. The van der Waals surface area contributed by atoms with Gasteiger partial charge in [0.15, 0.2) is 0 Å². The SMILES string of the molecule is O=C(NCCc1cc(Br)ccc1F)C(F)(F)F. The molecule has 1 rings (SSSR count). The van der Waals surface area contributed by atoms with Gasteiger partial charge in [0.25, 0.3) is 0 Å². The summed E-state index contributed by atoms with van der Waals surface area (Å²) in [4.78, 5) is 10.5. The molecule has 0 unspecified atom stereocenters. The molecule has 0 atom stereocenters. The lowest BCUT2D eigenvalue weighted by molar-refractivity contribution is -0.173. The molecule has 0 aromatic heterocycles. The minimum Gasteiger partial charge on any atom is -0.348 e. The van der Waals surface area contributed by atoms with Gasteiger partial charge < -0.3 is 5.32 Å². The Morgan fingerprint density at radius 3 is 2.59 bits per heavy atom. The van der Waals surface area contributed by atoms with Crippen LogP contribution >= 0.6 is 15.9 Å². The zero-order chi connectivity index (χ0) is 13.1. The first-order valence-corrected chi connectivity index (χ1v) is 5.39. The molecule has 1 N–H and O–H groups in total. The van der Waals surface area contributed by atoms with Crippen molar-refractivity contribution in [3.05, 3.63) is 34.1 Å². The van der Waals surface area contributed by atoms with E-state index in [1.807, 2.05) is 0 Å². The van der Waals surface area contributed by atoms with Crippen LogP contribution in [0.25, 0.3) is 0 Å². The van der Waals surface area contributed by atoms with E-state index in [0.717, 1.165) is 0 Å². The largest absolute Gasteiger partial charge is 0.471 e. The zero-order valence-corrected chi connectivity index (χ0v) is 10.0. The third-order valence-corrected chi connectivity index (χ3v) is 2.44. The zero-order valence-electron chi connectivity index (χ0n) is 8.44. The first-order chi connectivity index (χ1) is 7.80. The number of carbonyl (C=O) groups is 1. The Bertz CT molecular complexity index is 419. The first-order valence-electron chi connectivity index (χ1n) is 4.59. The van der Waals surface area contributed by atoms with Gasteiger partial charge in [-0.15, -0.1) is 0 Å². The van der Waals surface area contributed by atoms with Crippen LogP contribution < -0.4 is 5.32 Å². The predicted octanol–water partition coefficient (Wildman–Crippen LogP) is 2.81. The van der Waals surface area contributed by atoms with Crippen molar-refractivity contribution in [3.63, 3.8) is 0 Å². The number of alkyl halides is 3. The lowest BCUT2D eigenvalue weighted by atomic mass is 10.1. The molecule has 2 nitrogen and oxygen atoms in total. The van der Waals surface area contributed by atoms with Crippen LogP contribution in [-0.2, 0) is 11.2 Å². The quantitative estimate of drug-likeness (QED) is 0.854. The molecular formula is C10H8BrF4NO. The van der Waals surface area contributed by atoms with Gasteiger partial charge in [-0.25, -0.2) is 4.39 Å². The van der Waals surface area contributed by atoms with Crippen LogP contribution in [0.15, 0.2) is 22.7 Å². The van der Waals surface area contributed by atoms with E-state index < -0.39 is 17.9 Å². The number of nitrogens with one attached hydrogen (secondary N) is 1. The van der Waals surface area contributed by atoms with Crippen LogP contribution in [0.3, 0.4) is 0 Å². The summed E-state index contributed by atoms with van der Waals surface area (Å²) >= 11 is 3.11.